The summed E-state index contributed by atoms with van der Waals surface area (Å²) in [5, 5.41) is 1.71. The lowest BCUT2D eigenvalue weighted by molar-refractivity contribution is 0.135. The third-order valence-corrected chi connectivity index (χ3v) is 4.41. The van der Waals surface area contributed by atoms with Crippen LogP contribution in [0.5, 0.6) is 0 Å². The van der Waals surface area contributed by atoms with E-state index in [1.54, 1.807) is 23.2 Å². The average molecular weight is 270 g/mol. The number of piperazine rings is 1. The van der Waals surface area contributed by atoms with Crippen molar-refractivity contribution in [2.45, 2.75) is 4.90 Å². The van der Waals surface area contributed by atoms with Crippen molar-refractivity contribution in [1.82, 2.24) is 14.7 Å². The van der Waals surface area contributed by atoms with Gasteiger partial charge in [-0.2, -0.15) is 0 Å². The Morgan fingerprint density at radius 3 is 2.39 bits per heavy atom. The summed E-state index contributed by atoms with van der Waals surface area (Å²) in [6, 6.07) is 6.46. The van der Waals surface area contributed by atoms with Gasteiger partial charge >= 0.3 is 0 Å². The van der Waals surface area contributed by atoms with Gasteiger partial charge < -0.3 is 10.6 Å². The van der Waals surface area contributed by atoms with E-state index in [1.165, 1.54) is 6.07 Å². The molecule has 1 aromatic rings. The Morgan fingerprint density at radius 2 is 1.78 bits per heavy atom. The van der Waals surface area contributed by atoms with Gasteiger partial charge in [-0.15, -0.1) is 4.83 Å². The Balaban J connectivity index is 2.11. The van der Waals surface area contributed by atoms with Crippen molar-refractivity contribution in [3.8, 4) is 0 Å². The first-order valence-electron chi connectivity index (χ1n) is 5.79. The van der Waals surface area contributed by atoms with Crippen molar-refractivity contribution in [2.24, 2.45) is 0 Å². The lowest BCUT2D eigenvalue weighted by Crippen LogP contribution is -2.52. The van der Waals surface area contributed by atoms with Crippen LogP contribution in [0.4, 0.5) is 5.69 Å². The van der Waals surface area contributed by atoms with Crippen LogP contribution in [-0.4, -0.2) is 51.6 Å². The molecule has 1 fully saturated rings. The van der Waals surface area contributed by atoms with Gasteiger partial charge in [-0.25, -0.2) is 13.4 Å². The molecule has 100 valence electrons. The third-order valence-electron chi connectivity index (χ3n) is 2.96. The normalized spacial score (nSPS) is 18.9. The molecule has 7 heteroatoms. The van der Waals surface area contributed by atoms with Crippen LogP contribution in [-0.2, 0) is 10.0 Å². The van der Waals surface area contributed by atoms with Crippen molar-refractivity contribution in [3.05, 3.63) is 24.3 Å². The minimum atomic E-state index is -3.58. The molecule has 1 aliphatic rings. The third kappa shape index (κ3) is 2.99. The molecule has 0 bridgehead atoms. The summed E-state index contributed by atoms with van der Waals surface area (Å²) in [4.78, 5) is 4.85. The number of anilines is 1. The molecule has 0 saturated carbocycles. The van der Waals surface area contributed by atoms with Gasteiger partial charge in [0.1, 0.15) is 4.90 Å². The molecule has 1 heterocycles. The summed E-state index contributed by atoms with van der Waals surface area (Å²) < 4.78 is 24.3. The van der Waals surface area contributed by atoms with Gasteiger partial charge in [0.25, 0.3) is 10.0 Å². The molecule has 0 unspecified atom stereocenters. The SMILES string of the molecule is CN1CCN(NS(=O)(=O)c2ccccc2N)CC1. The Hall–Kier alpha value is -1.15. The second-order valence-electron chi connectivity index (χ2n) is 4.42. The van der Waals surface area contributed by atoms with Gasteiger partial charge in [-0.3, -0.25) is 0 Å². The maximum absolute atomic E-state index is 12.2. The number of sulfonamides is 1. The van der Waals surface area contributed by atoms with E-state index in [4.69, 9.17) is 5.73 Å². The monoisotopic (exact) mass is 270 g/mol. The molecule has 0 radical (unpaired) electrons. The van der Waals surface area contributed by atoms with Gasteiger partial charge in [-0.1, -0.05) is 12.1 Å². The van der Waals surface area contributed by atoms with E-state index >= 15 is 0 Å². The predicted octanol–water partition coefficient (Wildman–Crippen LogP) is -0.290. The van der Waals surface area contributed by atoms with E-state index in [0.717, 1.165) is 13.1 Å². The Labute approximate surface area is 107 Å². The standard InChI is InChI=1S/C11H18N4O2S/c1-14-6-8-15(9-7-14)13-18(16,17)11-5-3-2-4-10(11)12/h2-5,13H,6-9,12H2,1H3. The van der Waals surface area contributed by atoms with Crippen LogP contribution in [0.3, 0.4) is 0 Å². The zero-order valence-corrected chi connectivity index (χ0v) is 11.2. The van der Waals surface area contributed by atoms with Crippen LogP contribution < -0.4 is 10.6 Å². The van der Waals surface area contributed by atoms with E-state index in [0.29, 0.717) is 13.1 Å². The van der Waals surface area contributed by atoms with Crippen LogP contribution in [0.2, 0.25) is 0 Å². The molecular weight excluding hydrogens is 252 g/mol. The highest BCUT2D eigenvalue weighted by Crippen LogP contribution is 2.17. The first kappa shape index (κ1) is 13.3. The Kier molecular flexibility index (Phi) is 3.86. The quantitative estimate of drug-likeness (QED) is 0.738. The van der Waals surface area contributed by atoms with E-state index in [-0.39, 0.29) is 10.6 Å². The van der Waals surface area contributed by atoms with Gasteiger partial charge in [0.15, 0.2) is 0 Å². The lowest BCUT2D eigenvalue weighted by Gasteiger charge is -2.32. The summed E-state index contributed by atoms with van der Waals surface area (Å²) in [7, 11) is -1.56. The molecule has 6 nitrogen and oxygen atoms in total. The molecule has 0 spiro atoms. The van der Waals surface area contributed by atoms with Crippen LogP contribution >= 0.6 is 0 Å². The Morgan fingerprint density at radius 1 is 1.17 bits per heavy atom. The van der Waals surface area contributed by atoms with E-state index in [2.05, 4.69) is 9.73 Å². The zero-order valence-electron chi connectivity index (χ0n) is 10.3. The second-order valence-corrected chi connectivity index (χ2v) is 6.05. The summed E-state index contributed by atoms with van der Waals surface area (Å²) in [6.07, 6.45) is 0. The molecule has 1 saturated heterocycles. The summed E-state index contributed by atoms with van der Waals surface area (Å²) >= 11 is 0. The summed E-state index contributed by atoms with van der Waals surface area (Å²) in [5.74, 6) is 0. The van der Waals surface area contributed by atoms with Crippen molar-refractivity contribution in [1.29, 1.82) is 0 Å². The molecule has 3 N–H and O–H groups in total. The number of nitrogens with two attached hydrogens (primary N) is 1. The minimum Gasteiger partial charge on any atom is -0.398 e. The largest absolute Gasteiger partial charge is 0.398 e. The number of nitrogens with zero attached hydrogens (tertiary/aromatic N) is 2. The minimum absolute atomic E-state index is 0.129. The number of likely N-dealkylation sites (N-methyl/N-ethyl adjacent to an activating group) is 1. The van der Waals surface area contributed by atoms with Crippen molar-refractivity contribution < 1.29 is 8.42 Å². The van der Waals surface area contributed by atoms with Crippen LogP contribution in [0.25, 0.3) is 0 Å². The highest BCUT2D eigenvalue weighted by atomic mass is 32.2. The fourth-order valence-electron chi connectivity index (χ4n) is 1.84. The van der Waals surface area contributed by atoms with Crippen molar-refractivity contribution >= 4 is 15.7 Å². The first-order valence-corrected chi connectivity index (χ1v) is 7.28. The highest BCUT2D eigenvalue weighted by molar-refractivity contribution is 7.89. The maximum Gasteiger partial charge on any atom is 0.255 e. The van der Waals surface area contributed by atoms with Crippen LogP contribution in [0.15, 0.2) is 29.2 Å². The van der Waals surface area contributed by atoms with Crippen LogP contribution in [0.1, 0.15) is 0 Å². The summed E-state index contributed by atoms with van der Waals surface area (Å²) in [6.45, 7) is 3.02. The number of hydrogen-bond donors (Lipinski definition) is 2. The van der Waals surface area contributed by atoms with Crippen molar-refractivity contribution in [3.63, 3.8) is 0 Å². The molecule has 0 aromatic heterocycles. The first-order chi connectivity index (χ1) is 8.49. The molecule has 1 aliphatic heterocycles. The number of hydrazine groups is 1. The number of para-hydroxylation sites is 1. The van der Waals surface area contributed by atoms with Gasteiger partial charge in [0, 0.05) is 26.2 Å². The number of nitrogen functional groups attached to an aromatic ring is 1. The molecule has 0 atom stereocenters. The highest BCUT2D eigenvalue weighted by Gasteiger charge is 2.22. The van der Waals surface area contributed by atoms with Gasteiger partial charge in [0.05, 0.1) is 5.69 Å². The summed E-state index contributed by atoms with van der Waals surface area (Å²) in [5.41, 5.74) is 5.95. The van der Waals surface area contributed by atoms with E-state index < -0.39 is 10.0 Å². The maximum atomic E-state index is 12.2. The fraction of sp³-hybridized carbons (Fsp3) is 0.455. The lowest BCUT2D eigenvalue weighted by atomic mass is 10.3. The van der Waals surface area contributed by atoms with E-state index in [9.17, 15) is 8.42 Å². The average Bonchev–Trinajstić information content (AvgIpc) is 2.32. The molecule has 1 aromatic carbocycles. The second kappa shape index (κ2) is 5.23. The van der Waals surface area contributed by atoms with Gasteiger partial charge in [0.2, 0.25) is 0 Å². The number of hydrogen-bond acceptors (Lipinski definition) is 5. The number of nitrogens with one attached hydrogen (secondary N) is 1. The predicted molar refractivity (Wildman–Crippen MR) is 70.2 cm³/mol. The molecule has 0 amide bonds. The van der Waals surface area contributed by atoms with E-state index in [1.807, 2.05) is 7.05 Å². The van der Waals surface area contributed by atoms with Crippen molar-refractivity contribution in [2.75, 3.05) is 39.0 Å². The van der Waals surface area contributed by atoms with Gasteiger partial charge in [-0.05, 0) is 19.2 Å². The number of benzene rings is 1. The zero-order chi connectivity index (χ0) is 13.2. The molecule has 0 aliphatic carbocycles. The molecule has 2 rings (SSSR count). The van der Waals surface area contributed by atoms with Crippen LogP contribution in [0, 0.1) is 0 Å². The molecule has 18 heavy (non-hydrogen) atoms. The topological polar surface area (TPSA) is 78.7 Å². The molecular formula is C11H18N4O2S. The fourth-order valence-corrected chi connectivity index (χ4v) is 3.10. The Bertz CT molecular complexity index is 510. The smallest absolute Gasteiger partial charge is 0.255 e. The number of rotatable bonds is 3.